The molecule has 3 rings (SSSR count). The molecule has 0 bridgehead atoms. The molecule has 0 aromatic heterocycles. The molecule has 0 aliphatic rings. The fourth-order valence-electron chi connectivity index (χ4n) is 2.22. The predicted octanol–water partition coefficient (Wildman–Crippen LogP) is 5.59. The molecule has 0 aliphatic heterocycles. The topological polar surface area (TPSA) is 0 Å². The minimum atomic E-state index is -0.269. The second-order valence-corrected chi connectivity index (χ2v) is 5.23. The Hall–Kier alpha value is -2.13. The Labute approximate surface area is 127 Å². The highest BCUT2D eigenvalue weighted by Crippen LogP contribution is 2.31. The Morgan fingerprint density at radius 2 is 1.05 bits per heavy atom. The second kappa shape index (κ2) is 5.70. The smallest absolute Gasteiger partial charge is 0.123 e. The lowest BCUT2D eigenvalue weighted by Crippen LogP contribution is -1.85. The monoisotopic (exact) mass is 298 g/mol. The van der Waals surface area contributed by atoms with Gasteiger partial charge in [-0.05, 0) is 58.7 Å². The molecular weight excluding hydrogens is 286 g/mol. The van der Waals surface area contributed by atoms with Crippen LogP contribution >= 0.6 is 12.6 Å². The minimum absolute atomic E-state index is 0.261. The molecule has 0 saturated carbocycles. The highest BCUT2D eigenvalue weighted by atomic mass is 32.1. The number of benzene rings is 3. The molecule has 3 heteroatoms. The molecular formula is C18H12F2S. The first-order valence-corrected chi connectivity index (χ1v) is 6.93. The van der Waals surface area contributed by atoms with E-state index < -0.39 is 0 Å². The van der Waals surface area contributed by atoms with Gasteiger partial charge in [0.1, 0.15) is 11.6 Å². The molecule has 0 unspecified atom stereocenters. The van der Waals surface area contributed by atoms with Gasteiger partial charge in [-0.3, -0.25) is 0 Å². The van der Waals surface area contributed by atoms with Crippen molar-refractivity contribution in [1.82, 2.24) is 0 Å². The molecule has 0 atom stereocenters. The van der Waals surface area contributed by atoms with Gasteiger partial charge in [0, 0.05) is 4.90 Å². The minimum Gasteiger partial charge on any atom is -0.207 e. The maximum atomic E-state index is 13.0. The summed E-state index contributed by atoms with van der Waals surface area (Å²) < 4.78 is 26.0. The van der Waals surface area contributed by atoms with Crippen LogP contribution in [0.15, 0.2) is 71.6 Å². The van der Waals surface area contributed by atoms with E-state index in [0.29, 0.717) is 0 Å². The Bertz CT molecular complexity index is 762. The second-order valence-electron chi connectivity index (χ2n) is 4.75. The van der Waals surface area contributed by atoms with Crippen molar-refractivity contribution in [1.29, 1.82) is 0 Å². The largest absolute Gasteiger partial charge is 0.207 e. The third kappa shape index (κ3) is 2.98. The van der Waals surface area contributed by atoms with Crippen molar-refractivity contribution in [2.24, 2.45) is 0 Å². The summed E-state index contributed by atoms with van der Waals surface area (Å²) in [6, 6.07) is 18.4. The SMILES string of the molecule is Fc1ccc(-c2ccc(S)c(-c3ccc(F)cc3)c2)cc1. The average molecular weight is 298 g/mol. The maximum Gasteiger partial charge on any atom is 0.123 e. The van der Waals surface area contributed by atoms with Crippen molar-refractivity contribution in [2.45, 2.75) is 4.90 Å². The van der Waals surface area contributed by atoms with Crippen molar-refractivity contribution in [3.8, 4) is 22.3 Å². The van der Waals surface area contributed by atoms with E-state index in [1.54, 1.807) is 24.3 Å². The van der Waals surface area contributed by atoms with Crippen LogP contribution in [0, 0.1) is 11.6 Å². The number of hydrogen-bond donors (Lipinski definition) is 1. The van der Waals surface area contributed by atoms with Gasteiger partial charge in [0.05, 0.1) is 0 Å². The van der Waals surface area contributed by atoms with Crippen molar-refractivity contribution in [3.05, 3.63) is 78.4 Å². The van der Waals surface area contributed by atoms with Crippen LogP contribution in [-0.2, 0) is 0 Å². The lowest BCUT2D eigenvalue weighted by Gasteiger charge is -2.09. The molecule has 3 aromatic carbocycles. The van der Waals surface area contributed by atoms with Gasteiger partial charge in [0.25, 0.3) is 0 Å². The van der Waals surface area contributed by atoms with Gasteiger partial charge < -0.3 is 0 Å². The normalized spacial score (nSPS) is 10.6. The lowest BCUT2D eigenvalue weighted by atomic mass is 9.99. The van der Waals surface area contributed by atoms with Crippen molar-refractivity contribution in [3.63, 3.8) is 0 Å². The zero-order valence-electron chi connectivity index (χ0n) is 11.1. The maximum absolute atomic E-state index is 13.0. The van der Waals surface area contributed by atoms with E-state index in [2.05, 4.69) is 12.6 Å². The van der Waals surface area contributed by atoms with Gasteiger partial charge in [-0.15, -0.1) is 12.6 Å². The third-order valence-electron chi connectivity index (χ3n) is 3.33. The molecule has 0 fully saturated rings. The summed E-state index contributed by atoms with van der Waals surface area (Å²) in [4.78, 5) is 0.812. The molecule has 0 N–H and O–H groups in total. The number of rotatable bonds is 2. The predicted molar refractivity (Wildman–Crippen MR) is 84.5 cm³/mol. The summed E-state index contributed by atoms with van der Waals surface area (Å²) in [5, 5.41) is 0. The summed E-state index contributed by atoms with van der Waals surface area (Å²) in [5.41, 5.74) is 3.70. The van der Waals surface area contributed by atoms with Crippen LogP contribution < -0.4 is 0 Å². The fraction of sp³-hybridized carbons (Fsp3) is 0. The molecule has 0 aliphatic carbocycles. The lowest BCUT2D eigenvalue weighted by molar-refractivity contribution is 0.627. The van der Waals surface area contributed by atoms with Crippen LogP contribution in [0.1, 0.15) is 0 Å². The summed E-state index contributed by atoms with van der Waals surface area (Å²) in [6.45, 7) is 0. The molecule has 0 saturated heterocycles. The van der Waals surface area contributed by atoms with Gasteiger partial charge in [-0.25, -0.2) is 8.78 Å². The van der Waals surface area contributed by atoms with Gasteiger partial charge in [0.15, 0.2) is 0 Å². The van der Waals surface area contributed by atoms with Crippen LogP contribution in [0.2, 0.25) is 0 Å². The molecule has 0 spiro atoms. The third-order valence-corrected chi connectivity index (χ3v) is 3.72. The molecule has 0 amide bonds. The van der Waals surface area contributed by atoms with Crippen LogP contribution in [0.4, 0.5) is 8.78 Å². The van der Waals surface area contributed by atoms with E-state index in [1.165, 1.54) is 24.3 Å². The molecule has 0 heterocycles. The summed E-state index contributed by atoms with van der Waals surface area (Å²) in [6.07, 6.45) is 0. The fourth-order valence-corrected chi connectivity index (χ4v) is 2.49. The summed E-state index contributed by atoms with van der Waals surface area (Å²) >= 11 is 4.46. The van der Waals surface area contributed by atoms with E-state index in [-0.39, 0.29) is 11.6 Å². The highest BCUT2D eigenvalue weighted by molar-refractivity contribution is 7.80. The van der Waals surface area contributed by atoms with Crippen molar-refractivity contribution >= 4 is 12.6 Å². The summed E-state index contributed by atoms with van der Waals surface area (Å²) in [7, 11) is 0. The van der Waals surface area contributed by atoms with Crippen LogP contribution in [0.3, 0.4) is 0 Å². The standard InChI is InChI=1S/C18H12F2S/c19-15-6-1-12(2-7-15)14-5-10-18(21)17(11-14)13-3-8-16(20)9-4-13/h1-11,21H. The van der Waals surface area contributed by atoms with Gasteiger partial charge in [-0.1, -0.05) is 30.3 Å². The van der Waals surface area contributed by atoms with E-state index in [9.17, 15) is 8.78 Å². The average Bonchev–Trinajstić information content (AvgIpc) is 2.50. The van der Waals surface area contributed by atoms with Crippen LogP contribution in [0.25, 0.3) is 22.3 Å². The zero-order valence-corrected chi connectivity index (χ0v) is 11.9. The highest BCUT2D eigenvalue weighted by Gasteiger charge is 2.06. The van der Waals surface area contributed by atoms with Gasteiger partial charge in [0.2, 0.25) is 0 Å². The van der Waals surface area contributed by atoms with E-state index >= 15 is 0 Å². The quantitative estimate of drug-likeness (QED) is 0.586. The van der Waals surface area contributed by atoms with Gasteiger partial charge in [-0.2, -0.15) is 0 Å². The Morgan fingerprint density at radius 1 is 0.571 bits per heavy atom. The Morgan fingerprint density at radius 3 is 1.62 bits per heavy atom. The van der Waals surface area contributed by atoms with Gasteiger partial charge >= 0.3 is 0 Å². The van der Waals surface area contributed by atoms with Crippen molar-refractivity contribution < 1.29 is 8.78 Å². The molecule has 3 aromatic rings. The Balaban J connectivity index is 2.07. The van der Waals surface area contributed by atoms with E-state index in [0.717, 1.165) is 27.1 Å². The number of thiol groups is 1. The first-order valence-electron chi connectivity index (χ1n) is 6.48. The van der Waals surface area contributed by atoms with E-state index in [4.69, 9.17) is 0 Å². The molecule has 0 nitrogen and oxygen atoms in total. The molecule has 104 valence electrons. The first kappa shape index (κ1) is 13.8. The first-order chi connectivity index (χ1) is 10.1. The number of hydrogen-bond acceptors (Lipinski definition) is 1. The Kier molecular flexibility index (Phi) is 3.76. The molecule has 0 radical (unpaired) electrons. The molecule has 21 heavy (non-hydrogen) atoms. The van der Waals surface area contributed by atoms with E-state index in [1.807, 2.05) is 18.2 Å². The number of halogens is 2. The zero-order chi connectivity index (χ0) is 14.8. The van der Waals surface area contributed by atoms with Crippen molar-refractivity contribution in [2.75, 3.05) is 0 Å². The van der Waals surface area contributed by atoms with Crippen LogP contribution in [-0.4, -0.2) is 0 Å². The summed E-state index contributed by atoms with van der Waals surface area (Å²) in [5.74, 6) is -0.530. The van der Waals surface area contributed by atoms with Crippen LogP contribution in [0.5, 0.6) is 0 Å².